The van der Waals surface area contributed by atoms with E-state index in [-0.39, 0.29) is 0 Å². The van der Waals surface area contributed by atoms with Crippen LogP contribution in [0, 0.1) is 10.1 Å². The molecule has 0 aliphatic carbocycles. The molecule has 94 valence electrons. The van der Waals surface area contributed by atoms with Crippen LogP contribution >= 0.6 is 10.7 Å². The lowest BCUT2D eigenvalue weighted by Crippen LogP contribution is -2.08. The van der Waals surface area contributed by atoms with E-state index in [1.54, 1.807) is 0 Å². The predicted octanol–water partition coefficient (Wildman–Crippen LogP) is 1.44. The Balaban J connectivity index is 3.67. The Morgan fingerprint density at radius 2 is 2.06 bits per heavy atom. The topological polar surface area (TPSA) is 116 Å². The third-order valence-electron chi connectivity index (χ3n) is 1.75. The van der Waals surface area contributed by atoms with Crippen LogP contribution in [0.5, 0.6) is 0 Å². The van der Waals surface area contributed by atoms with Crippen LogP contribution < -0.4 is 5.73 Å². The molecule has 0 atom stereocenters. The van der Waals surface area contributed by atoms with E-state index < -0.39 is 42.4 Å². The number of pyridine rings is 1. The zero-order chi connectivity index (χ0) is 13.4. The number of hydrogen-bond donors (Lipinski definition) is 1. The van der Waals surface area contributed by atoms with E-state index in [1.165, 1.54) is 0 Å². The molecule has 2 N–H and O–H groups in total. The summed E-state index contributed by atoms with van der Waals surface area (Å²) in [5.74, 6) is 0. The summed E-state index contributed by atoms with van der Waals surface area (Å²) in [6.45, 7) is 0. The van der Waals surface area contributed by atoms with E-state index in [0.717, 1.165) is 0 Å². The first kappa shape index (κ1) is 13.5. The van der Waals surface area contributed by atoms with Gasteiger partial charge in [-0.15, -0.1) is 0 Å². The highest BCUT2D eigenvalue weighted by molar-refractivity contribution is 8.13. The lowest BCUT2D eigenvalue weighted by molar-refractivity contribution is -0.386. The van der Waals surface area contributed by atoms with Gasteiger partial charge in [0, 0.05) is 10.7 Å². The monoisotopic (exact) mass is 287 g/mol. The van der Waals surface area contributed by atoms with E-state index in [9.17, 15) is 27.3 Å². The van der Waals surface area contributed by atoms with Crippen molar-refractivity contribution in [2.24, 2.45) is 0 Å². The van der Waals surface area contributed by atoms with E-state index in [1.807, 2.05) is 0 Å². The summed E-state index contributed by atoms with van der Waals surface area (Å²) in [5.41, 5.74) is 1.79. The Morgan fingerprint density at radius 1 is 1.53 bits per heavy atom. The zero-order valence-electron chi connectivity index (χ0n) is 7.80. The summed E-state index contributed by atoms with van der Waals surface area (Å²) in [5, 5.41) is 9.41. The van der Waals surface area contributed by atoms with Crippen molar-refractivity contribution < 1.29 is 22.1 Å². The summed E-state index contributed by atoms with van der Waals surface area (Å²) in [4.78, 5) is 12.4. The third kappa shape index (κ3) is 2.58. The molecule has 0 spiro atoms. The molecule has 0 aliphatic rings. The minimum Gasteiger partial charge on any atom is -0.396 e. The number of nitrogens with zero attached hydrogens (tertiary/aromatic N) is 2. The number of alkyl halides is 2. The lowest BCUT2D eigenvalue weighted by atomic mass is 10.2. The maximum Gasteiger partial charge on any atom is 0.298 e. The van der Waals surface area contributed by atoms with E-state index >= 15 is 0 Å². The standard InChI is InChI=1S/C6H4ClF2N3O4S/c7-17(15,16)6-4(10)3(5(8)9)2(1-11-6)12(13)14/h1,5H,10H2. The molecule has 0 amide bonds. The van der Waals surface area contributed by atoms with Gasteiger partial charge in [-0.1, -0.05) is 0 Å². The second-order valence-electron chi connectivity index (χ2n) is 2.77. The minimum absolute atomic E-state index is 0.368. The number of nitro groups is 1. The highest BCUT2D eigenvalue weighted by Gasteiger charge is 2.31. The molecular weight excluding hydrogens is 284 g/mol. The molecule has 0 aromatic carbocycles. The van der Waals surface area contributed by atoms with Gasteiger partial charge in [-0.25, -0.2) is 22.2 Å². The molecule has 1 aromatic heterocycles. The van der Waals surface area contributed by atoms with Gasteiger partial charge in [-0.3, -0.25) is 10.1 Å². The molecule has 0 saturated heterocycles. The number of halogens is 3. The maximum absolute atomic E-state index is 12.6. The highest BCUT2D eigenvalue weighted by Crippen LogP contribution is 2.36. The molecule has 0 saturated carbocycles. The third-order valence-corrected chi connectivity index (χ3v) is 2.97. The van der Waals surface area contributed by atoms with Gasteiger partial charge in [0.05, 0.1) is 10.6 Å². The molecule has 0 unspecified atom stereocenters. The van der Waals surface area contributed by atoms with Crippen molar-refractivity contribution in [3.63, 3.8) is 0 Å². The molecule has 0 radical (unpaired) electrons. The molecule has 7 nitrogen and oxygen atoms in total. The Kier molecular flexibility index (Phi) is 3.48. The highest BCUT2D eigenvalue weighted by atomic mass is 35.7. The van der Waals surface area contributed by atoms with Crippen LogP contribution in [0.1, 0.15) is 12.0 Å². The second kappa shape index (κ2) is 4.37. The molecule has 11 heteroatoms. The molecule has 1 aromatic rings. The van der Waals surface area contributed by atoms with Gasteiger partial charge >= 0.3 is 0 Å². The van der Waals surface area contributed by atoms with Gasteiger partial charge in [0.1, 0.15) is 11.8 Å². The number of nitrogens with two attached hydrogens (primary N) is 1. The van der Waals surface area contributed by atoms with E-state index in [4.69, 9.17) is 16.4 Å². The van der Waals surface area contributed by atoms with Crippen LogP contribution in [-0.4, -0.2) is 18.3 Å². The molecule has 0 fully saturated rings. The van der Waals surface area contributed by atoms with Gasteiger partial charge in [-0.2, -0.15) is 0 Å². The van der Waals surface area contributed by atoms with E-state index in [0.29, 0.717) is 6.20 Å². The number of nitrogen functional groups attached to an aromatic ring is 1. The lowest BCUT2D eigenvalue weighted by Gasteiger charge is -2.07. The molecule has 0 bridgehead atoms. The van der Waals surface area contributed by atoms with Crippen molar-refractivity contribution in [1.82, 2.24) is 4.98 Å². The number of aromatic nitrogens is 1. The van der Waals surface area contributed by atoms with Crippen molar-refractivity contribution in [1.29, 1.82) is 0 Å². The van der Waals surface area contributed by atoms with Gasteiger partial charge in [0.2, 0.25) is 0 Å². The van der Waals surface area contributed by atoms with Crippen LogP contribution in [0.3, 0.4) is 0 Å². The van der Waals surface area contributed by atoms with Crippen molar-refractivity contribution in [2.45, 2.75) is 11.5 Å². The van der Waals surface area contributed by atoms with Crippen LogP contribution in [0.2, 0.25) is 0 Å². The fourth-order valence-electron chi connectivity index (χ4n) is 1.08. The number of rotatable bonds is 3. The summed E-state index contributed by atoms with van der Waals surface area (Å²) in [6, 6.07) is 0. The molecule has 1 rings (SSSR count). The van der Waals surface area contributed by atoms with Crippen LogP contribution in [-0.2, 0) is 9.05 Å². The largest absolute Gasteiger partial charge is 0.396 e. The average Bonchev–Trinajstić information content (AvgIpc) is 2.13. The van der Waals surface area contributed by atoms with Crippen LogP contribution in [0.25, 0.3) is 0 Å². The minimum atomic E-state index is -4.45. The molecule has 1 heterocycles. The molecule has 0 aliphatic heterocycles. The van der Waals surface area contributed by atoms with Crippen molar-refractivity contribution in [3.05, 3.63) is 21.9 Å². The van der Waals surface area contributed by atoms with Gasteiger partial charge in [0.15, 0.2) is 5.03 Å². The van der Waals surface area contributed by atoms with Gasteiger partial charge < -0.3 is 5.73 Å². The van der Waals surface area contributed by atoms with Crippen LogP contribution in [0.4, 0.5) is 20.2 Å². The van der Waals surface area contributed by atoms with Gasteiger partial charge in [0.25, 0.3) is 21.2 Å². The quantitative estimate of drug-likeness (QED) is 0.511. The van der Waals surface area contributed by atoms with Crippen LogP contribution in [0.15, 0.2) is 11.2 Å². The second-order valence-corrected chi connectivity index (χ2v) is 5.25. The average molecular weight is 288 g/mol. The predicted molar refractivity (Wildman–Crippen MR) is 53.3 cm³/mol. The van der Waals surface area contributed by atoms with Crippen molar-refractivity contribution >= 4 is 31.1 Å². The first-order chi connectivity index (χ1) is 7.66. The Hall–Kier alpha value is -1.55. The normalized spacial score (nSPS) is 11.8. The molecular formula is C6H4ClF2N3O4S. The number of hydrogen-bond acceptors (Lipinski definition) is 6. The maximum atomic E-state index is 12.6. The van der Waals surface area contributed by atoms with E-state index in [2.05, 4.69) is 4.98 Å². The SMILES string of the molecule is Nc1c(S(=O)(=O)Cl)ncc([N+](=O)[O-])c1C(F)F. The summed E-state index contributed by atoms with van der Waals surface area (Å²) < 4.78 is 47.0. The summed E-state index contributed by atoms with van der Waals surface area (Å²) in [6.07, 6.45) is -2.96. The summed E-state index contributed by atoms with van der Waals surface area (Å²) in [7, 11) is 0.436. The smallest absolute Gasteiger partial charge is 0.298 e. The Morgan fingerprint density at radius 3 is 2.41 bits per heavy atom. The Labute approximate surface area is 97.8 Å². The van der Waals surface area contributed by atoms with Crippen molar-refractivity contribution in [2.75, 3.05) is 5.73 Å². The Bertz CT molecular complexity index is 577. The fraction of sp³-hybridized carbons (Fsp3) is 0.167. The summed E-state index contributed by atoms with van der Waals surface area (Å²) >= 11 is 0. The van der Waals surface area contributed by atoms with Crippen molar-refractivity contribution in [3.8, 4) is 0 Å². The first-order valence-corrected chi connectivity index (χ1v) is 6.12. The molecule has 17 heavy (non-hydrogen) atoms. The van der Waals surface area contributed by atoms with Gasteiger partial charge in [-0.05, 0) is 0 Å². The zero-order valence-corrected chi connectivity index (χ0v) is 9.37. The fourth-order valence-corrected chi connectivity index (χ4v) is 2.00. The first-order valence-electron chi connectivity index (χ1n) is 3.81. The number of anilines is 1.